The first-order valence-corrected chi connectivity index (χ1v) is 12.4. The largest absolute Gasteiger partial charge is 0.484 e. The lowest BCUT2D eigenvalue weighted by Gasteiger charge is -2.31. The minimum Gasteiger partial charge on any atom is -0.484 e. The Morgan fingerprint density at radius 2 is 1.61 bits per heavy atom. The van der Waals surface area contributed by atoms with Crippen molar-refractivity contribution in [2.24, 2.45) is 0 Å². The predicted molar refractivity (Wildman–Crippen MR) is 140 cm³/mol. The smallest absolute Gasteiger partial charge is 0.261 e. The minimum absolute atomic E-state index is 0.161. The number of halogens is 1. The number of hydrogen-bond acceptors (Lipinski definition) is 3. The highest BCUT2D eigenvalue weighted by Gasteiger charge is 2.30. The quantitative estimate of drug-likeness (QED) is 0.347. The molecule has 3 aromatic carbocycles. The van der Waals surface area contributed by atoms with E-state index < -0.39 is 6.04 Å². The van der Waals surface area contributed by atoms with E-state index in [4.69, 9.17) is 4.74 Å². The number of ether oxygens (including phenoxy) is 1. The Morgan fingerprint density at radius 3 is 2.25 bits per heavy atom. The summed E-state index contributed by atoms with van der Waals surface area (Å²) in [5.41, 5.74) is 3.76. The molecule has 0 saturated carbocycles. The van der Waals surface area contributed by atoms with Gasteiger partial charge in [0.1, 0.15) is 17.6 Å². The van der Waals surface area contributed by atoms with Crippen molar-refractivity contribution in [3.63, 3.8) is 0 Å². The third kappa shape index (κ3) is 8.22. The second-order valence-electron chi connectivity index (χ2n) is 9.11. The van der Waals surface area contributed by atoms with Crippen LogP contribution in [0.15, 0.2) is 72.8 Å². The summed E-state index contributed by atoms with van der Waals surface area (Å²) in [6.45, 7) is 6.49. The Hall–Kier alpha value is -3.67. The Balaban J connectivity index is 1.88. The van der Waals surface area contributed by atoms with Crippen LogP contribution in [0.1, 0.15) is 42.0 Å². The van der Waals surface area contributed by atoms with Gasteiger partial charge in [-0.25, -0.2) is 4.39 Å². The van der Waals surface area contributed by atoms with Crippen LogP contribution in [-0.4, -0.2) is 35.9 Å². The minimum atomic E-state index is -0.746. The molecule has 0 bridgehead atoms. The number of nitrogens with one attached hydrogen (secondary N) is 1. The van der Waals surface area contributed by atoms with Crippen LogP contribution in [0.5, 0.6) is 5.75 Å². The molecule has 1 N–H and O–H groups in total. The fraction of sp³-hybridized carbons (Fsp3) is 0.333. The first-order valence-electron chi connectivity index (χ1n) is 12.4. The number of nitrogens with zero attached hydrogens (tertiary/aromatic N) is 1. The van der Waals surface area contributed by atoms with Crippen LogP contribution in [0.3, 0.4) is 0 Å². The van der Waals surface area contributed by atoms with Gasteiger partial charge in [0, 0.05) is 19.5 Å². The lowest BCUT2D eigenvalue weighted by Crippen LogP contribution is -2.51. The van der Waals surface area contributed by atoms with Crippen molar-refractivity contribution in [3.05, 3.63) is 101 Å². The van der Waals surface area contributed by atoms with Gasteiger partial charge in [0.15, 0.2) is 6.61 Å². The van der Waals surface area contributed by atoms with Crippen molar-refractivity contribution >= 4 is 11.8 Å². The normalized spacial score (nSPS) is 11.6. The van der Waals surface area contributed by atoms with Crippen molar-refractivity contribution in [1.29, 1.82) is 0 Å². The number of unbranched alkanes of at least 4 members (excludes halogenated alkanes) is 1. The van der Waals surface area contributed by atoms with Gasteiger partial charge in [0.05, 0.1) is 0 Å². The molecule has 0 aliphatic rings. The zero-order valence-corrected chi connectivity index (χ0v) is 21.3. The molecular formula is C30H35FN2O3. The standard InChI is InChI=1S/C30H35FN2O3/c1-4-5-15-32-30(35)28(19-24-9-7-6-8-10-24)33(20-25-11-13-26(31)14-12-25)29(34)21-36-27-17-22(2)16-23(3)18-27/h6-14,16-18,28H,4-5,15,19-21H2,1-3H3,(H,32,35)/t28-/m1/s1. The number of aryl methyl sites for hydroxylation is 2. The van der Waals surface area contributed by atoms with E-state index >= 15 is 0 Å². The molecule has 36 heavy (non-hydrogen) atoms. The van der Waals surface area contributed by atoms with E-state index in [1.54, 1.807) is 17.0 Å². The molecule has 0 aromatic heterocycles. The zero-order chi connectivity index (χ0) is 25.9. The molecule has 0 radical (unpaired) electrons. The summed E-state index contributed by atoms with van der Waals surface area (Å²) < 4.78 is 19.4. The molecule has 1 atom stereocenters. The average Bonchev–Trinajstić information content (AvgIpc) is 2.86. The summed E-state index contributed by atoms with van der Waals surface area (Å²) in [5, 5.41) is 2.99. The van der Waals surface area contributed by atoms with Crippen LogP contribution in [-0.2, 0) is 22.6 Å². The lowest BCUT2D eigenvalue weighted by molar-refractivity contribution is -0.142. The van der Waals surface area contributed by atoms with E-state index in [1.165, 1.54) is 12.1 Å². The second kappa shape index (κ2) is 13.4. The molecule has 0 heterocycles. The molecule has 0 aliphatic heterocycles. The molecule has 3 rings (SSSR count). The molecule has 6 heteroatoms. The summed E-state index contributed by atoms with van der Waals surface area (Å²) in [5.74, 6) is -0.276. The van der Waals surface area contributed by atoms with E-state index in [0.29, 0.717) is 18.7 Å². The highest BCUT2D eigenvalue weighted by Crippen LogP contribution is 2.19. The number of rotatable bonds is 12. The van der Waals surface area contributed by atoms with E-state index in [1.807, 2.05) is 62.4 Å². The first-order chi connectivity index (χ1) is 17.4. The second-order valence-corrected chi connectivity index (χ2v) is 9.11. The number of benzene rings is 3. The topological polar surface area (TPSA) is 58.6 Å². The molecule has 0 fully saturated rings. The SMILES string of the molecule is CCCCNC(=O)[C@@H](Cc1ccccc1)N(Cc1ccc(F)cc1)C(=O)COc1cc(C)cc(C)c1. The van der Waals surface area contributed by atoms with Crippen LogP contribution in [0.25, 0.3) is 0 Å². The molecule has 0 unspecified atom stereocenters. The maximum atomic E-state index is 13.6. The van der Waals surface area contributed by atoms with Crippen molar-refractivity contribution in [1.82, 2.24) is 10.2 Å². The van der Waals surface area contributed by atoms with E-state index in [9.17, 15) is 14.0 Å². The summed E-state index contributed by atoms with van der Waals surface area (Å²) >= 11 is 0. The Bertz CT molecular complexity index is 1110. The van der Waals surface area contributed by atoms with Crippen LogP contribution < -0.4 is 10.1 Å². The average molecular weight is 491 g/mol. The highest BCUT2D eigenvalue weighted by atomic mass is 19.1. The first kappa shape index (κ1) is 26.9. The monoisotopic (exact) mass is 490 g/mol. The van der Waals surface area contributed by atoms with E-state index in [2.05, 4.69) is 12.2 Å². The van der Waals surface area contributed by atoms with Gasteiger partial charge in [-0.05, 0) is 66.8 Å². The molecule has 2 amide bonds. The van der Waals surface area contributed by atoms with Crippen molar-refractivity contribution in [2.45, 2.75) is 52.6 Å². The van der Waals surface area contributed by atoms with Gasteiger partial charge in [-0.15, -0.1) is 0 Å². The number of carbonyl (C=O) groups excluding carboxylic acids is 2. The van der Waals surface area contributed by atoms with Gasteiger partial charge in [0.2, 0.25) is 5.91 Å². The molecule has 5 nitrogen and oxygen atoms in total. The third-order valence-electron chi connectivity index (χ3n) is 5.92. The molecule has 3 aromatic rings. The zero-order valence-electron chi connectivity index (χ0n) is 21.3. The summed E-state index contributed by atoms with van der Waals surface area (Å²) in [4.78, 5) is 28.5. The van der Waals surface area contributed by atoms with Crippen LogP contribution >= 0.6 is 0 Å². The Labute approximate surface area is 213 Å². The van der Waals surface area contributed by atoms with Crippen LogP contribution in [0.2, 0.25) is 0 Å². The number of hydrogen-bond donors (Lipinski definition) is 1. The van der Waals surface area contributed by atoms with Crippen LogP contribution in [0.4, 0.5) is 4.39 Å². The van der Waals surface area contributed by atoms with Gasteiger partial charge in [-0.3, -0.25) is 9.59 Å². The Kier molecular flexibility index (Phi) is 10.0. The van der Waals surface area contributed by atoms with Crippen LogP contribution in [0, 0.1) is 19.7 Å². The molecule has 0 aliphatic carbocycles. The number of carbonyl (C=O) groups is 2. The maximum Gasteiger partial charge on any atom is 0.261 e. The fourth-order valence-corrected chi connectivity index (χ4v) is 4.09. The Morgan fingerprint density at radius 1 is 0.944 bits per heavy atom. The maximum absolute atomic E-state index is 13.6. The lowest BCUT2D eigenvalue weighted by atomic mass is 10.0. The van der Waals surface area contributed by atoms with Crippen molar-refractivity contribution in [2.75, 3.05) is 13.2 Å². The van der Waals surface area contributed by atoms with E-state index in [0.717, 1.165) is 35.1 Å². The van der Waals surface area contributed by atoms with Crippen molar-refractivity contribution in [3.8, 4) is 5.75 Å². The van der Waals surface area contributed by atoms with Gasteiger partial charge < -0.3 is 15.0 Å². The van der Waals surface area contributed by atoms with Gasteiger partial charge in [-0.1, -0.05) is 61.9 Å². The molecular weight excluding hydrogens is 455 g/mol. The van der Waals surface area contributed by atoms with E-state index in [-0.39, 0.29) is 30.8 Å². The van der Waals surface area contributed by atoms with Crippen molar-refractivity contribution < 1.29 is 18.7 Å². The van der Waals surface area contributed by atoms with Gasteiger partial charge in [-0.2, -0.15) is 0 Å². The molecule has 190 valence electrons. The molecule has 0 saturated heterocycles. The summed E-state index contributed by atoms with van der Waals surface area (Å²) in [6, 6.07) is 20.7. The summed E-state index contributed by atoms with van der Waals surface area (Å²) in [6.07, 6.45) is 2.16. The van der Waals surface area contributed by atoms with Gasteiger partial charge >= 0.3 is 0 Å². The van der Waals surface area contributed by atoms with Gasteiger partial charge in [0.25, 0.3) is 5.91 Å². The fourth-order valence-electron chi connectivity index (χ4n) is 4.09. The number of amides is 2. The molecule has 0 spiro atoms. The summed E-state index contributed by atoms with van der Waals surface area (Å²) in [7, 11) is 0. The third-order valence-corrected chi connectivity index (χ3v) is 5.92. The highest BCUT2D eigenvalue weighted by molar-refractivity contribution is 5.88. The predicted octanol–water partition coefficient (Wildman–Crippen LogP) is 5.38.